The van der Waals surface area contributed by atoms with Gasteiger partial charge in [0.1, 0.15) is 5.60 Å². The second kappa shape index (κ2) is 5.21. The molecule has 1 atom stereocenters. The molecular formula is C15H22N2O2. The zero-order valence-electron chi connectivity index (χ0n) is 11.8. The van der Waals surface area contributed by atoms with E-state index >= 15 is 0 Å². The third kappa shape index (κ3) is 3.70. The first kappa shape index (κ1) is 13.9. The number of benzene rings is 1. The molecular weight excluding hydrogens is 240 g/mol. The summed E-state index contributed by atoms with van der Waals surface area (Å²) in [5.41, 5.74) is 8.67. The van der Waals surface area contributed by atoms with Crippen LogP contribution in [0.25, 0.3) is 0 Å². The summed E-state index contributed by atoms with van der Waals surface area (Å²) in [4.78, 5) is 11.7. The first-order valence-electron chi connectivity index (χ1n) is 6.69. The number of anilines is 1. The summed E-state index contributed by atoms with van der Waals surface area (Å²) < 4.78 is 5.28. The van der Waals surface area contributed by atoms with Crippen molar-refractivity contribution in [2.75, 3.05) is 12.3 Å². The average Bonchev–Trinajstić information content (AvgIpc) is 2.66. The lowest BCUT2D eigenvalue weighted by Crippen LogP contribution is -2.32. The van der Waals surface area contributed by atoms with Crippen LogP contribution in [-0.4, -0.2) is 18.1 Å². The fraction of sp³-hybridized carbons (Fsp3) is 0.533. The Labute approximate surface area is 114 Å². The van der Waals surface area contributed by atoms with Gasteiger partial charge >= 0.3 is 5.97 Å². The molecule has 3 N–H and O–H groups in total. The van der Waals surface area contributed by atoms with Gasteiger partial charge in [0.25, 0.3) is 0 Å². The molecule has 0 bridgehead atoms. The Morgan fingerprint density at radius 3 is 2.89 bits per heavy atom. The number of hydrogen-bond donors (Lipinski definition) is 2. The van der Waals surface area contributed by atoms with Gasteiger partial charge in [-0.2, -0.15) is 0 Å². The minimum atomic E-state index is -0.430. The van der Waals surface area contributed by atoms with E-state index in [0.29, 0.717) is 0 Å². The van der Waals surface area contributed by atoms with Crippen LogP contribution < -0.4 is 11.1 Å². The third-order valence-electron chi connectivity index (χ3n) is 3.16. The Balaban J connectivity index is 1.91. The van der Waals surface area contributed by atoms with E-state index in [1.54, 1.807) is 0 Å². The van der Waals surface area contributed by atoms with Crippen molar-refractivity contribution in [1.29, 1.82) is 0 Å². The lowest BCUT2D eigenvalue weighted by Gasteiger charge is -2.21. The number of ether oxygens (including phenoxy) is 1. The van der Waals surface area contributed by atoms with Gasteiger partial charge in [-0.3, -0.25) is 4.79 Å². The summed E-state index contributed by atoms with van der Waals surface area (Å²) in [6, 6.07) is 6.20. The maximum Gasteiger partial charge on any atom is 0.320 e. The highest BCUT2D eigenvalue weighted by Gasteiger charge is 2.23. The monoisotopic (exact) mass is 262 g/mol. The van der Waals surface area contributed by atoms with Crippen molar-refractivity contribution in [2.45, 2.75) is 45.3 Å². The minimum absolute atomic E-state index is 0.212. The van der Waals surface area contributed by atoms with Crippen LogP contribution in [0.1, 0.15) is 44.4 Å². The van der Waals surface area contributed by atoms with Crippen molar-refractivity contribution in [3.8, 4) is 0 Å². The number of carbonyl (C=O) groups excluding carboxylic acids is 1. The molecule has 1 aromatic carbocycles. The quantitative estimate of drug-likeness (QED) is 0.647. The molecule has 0 saturated carbocycles. The predicted molar refractivity (Wildman–Crippen MR) is 75.8 cm³/mol. The molecule has 0 radical (unpaired) electrons. The summed E-state index contributed by atoms with van der Waals surface area (Å²) >= 11 is 0. The average molecular weight is 262 g/mol. The molecule has 19 heavy (non-hydrogen) atoms. The molecule has 1 unspecified atom stereocenters. The molecule has 4 nitrogen and oxygen atoms in total. The van der Waals surface area contributed by atoms with Gasteiger partial charge in [-0.05, 0) is 56.9 Å². The molecule has 4 heteroatoms. The Morgan fingerprint density at radius 2 is 2.21 bits per heavy atom. The van der Waals surface area contributed by atoms with Gasteiger partial charge in [0, 0.05) is 11.7 Å². The van der Waals surface area contributed by atoms with Crippen molar-refractivity contribution < 1.29 is 9.53 Å². The number of hydrogen-bond acceptors (Lipinski definition) is 4. The summed E-state index contributed by atoms with van der Waals surface area (Å²) in [6.45, 7) is 5.86. The normalized spacial score (nSPS) is 18.2. The molecule has 104 valence electrons. The van der Waals surface area contributed by atoms with Crippen LogP contribution in [0.4, 0.5) is 5.69 Å². The SMILES string of the molecule is CC(C)(C)OC(=O)CNC1CCc2cc(N)ccc21. The number of aryl methyl sites for hydroxylation is 1. The highest BCUT2D eigenvalue weighted by molar-refractivity contribution is 5.72. The van der Waals surface area contributed by atoms with Gasteiger partial charge in [0.05, 0.1) is 6.54 Å². The highest BCUT2D eigenvalue weighted by Crippen LogP contribution is 2.32. The van der Waals surface area contributed by atoms with E-state index in [-0.39, 0.29) is 18.6 Å². The van der Waals surface area contributed by atoms with Crippen LogP contribution in [0.3, 0.4) is 0 Å². The Bertz CT molecular complexity index is 478. The van der Waals surface area contributed by atoms with Crippen LogP contribution in [-0.2, 0) is 16.0 Å². The Kier molecular flexibility index (Phi) is 3.80. The maximum atomic E-state index is 11.7. The predicted octanol–water partition coefficient (Wildman–Crippen LogP) is 2.19. The molecule has 0 fully saturated rings. The molecule has 0 saturated heterocycles. The highest BCUT2D eigenvalue weighted by atomic mass is 16.6. The van der Waals surface area contributed by atoms with Crippen LogP contribution >= 0.6 is 0 Å². The molecule has 0 heterocycles. The Hall–Kier alpha value is -1.55. The van der Waals surface area contributed by atoms with Crippen molar-refractivity contribution in [3.05, 3.63) is 29.3 Å². The lowest BCUT2D eigenvalue weighted by atomic mass is 10.1. The van der Waals surface area contributed by atoms with Gasteiger partial charge in [0.2, 0.25) is 0 Å². The molecule has 1 aliphatic carbocycles. The van der Waals surface area contributed by atoms with Crippen molar-refractivity contribution in [1.82, 2.24) is 5.32 Å². The zero-order valence-corrected chi connectivity index (χ0v) is 11.8. The first-order valence-corrected chi connectivity index (χ1v) is 6.69. The molecule has 0 spiro atoms. The second-order valence-electron chi connectivity index (χ2n) is 6.02. The van der Waals surface area contributed by atoms with Crippen LogP contribution in [0.2, 0.25) is 0 Å². The van der Waals surface area contributed by atoms with E-state index < -0.39 is 5.60 Å². The van der Waals surface area contributed by atoms with Gasteiger partial charge in [-0.1, -0.05) is 6.07 Å². The number of esters is 1. The van der Waals surface area contributed by atoms with Crippen molar-refractivity contribution in [2.24, 2.45) is 0 Å². The molecule has 2 rings (SSSR count). The standard InChI is InChI=1S/C15H22N2O2/c1-15(2,3)19-14(18)9-17-13-7-4-10-8-11(16)5-6-12(10)13/h5-6,8,13,17H,4,7,9,16H2,1-3H3. The zero-order chi connectivity index (χ0) is 14.0. The number of nitrogens with two attached hydrogens (primary N) is 1. The number of nitrogen functional groups attached to an aromatic ring is 1. The number of rotatable bonds is 3. The fourth-order valence-electron chi connectivity index (χ4n) is 2.43. The second-order valence-corrected chi connectivity index (χ2v) is 6.02. The summed E-state index contributed by atoms with van der Waals surface area (Å²) in [6.07, 6.45) is 2.01. The first-order chi connectivity index (χ1) is 8.85. The molecule has 0 aromatic heterocycles. The van der Waals surface area contributed by atoms with Crippen molar-refractivity contribution in [3.63, 3.8) is 0 Å². The van der Waals surface area contributed by atoms with E-state index in [4.69, 9.17) is 10.5 Å². The van der Waals surface area contributed by atoms with Gasteiger partial charge < -0.3 is 15.8 Å². The maximum absolute atomic E-state index is 11.7. The number of nitrogens with one attached hydrogen (secondary N) is 1. The van der Waals surface area contributed by atoms with Crippen LogP contribution in [0.5, 0.6) is 0 Å². The van der Waals surface area contributed by atoms with E-state index in [0.717, 1.165) is 18.5 Å². The largest absolute Gasteiger partial charge is 0.459 e. The van der Waals surface area contributed by atoms with E-state index in [1.165, 1.54) is 11.1 Å². The van der Waals surface area contributed by atoms with Crippen LogP contribution in [0, 0.1) is 0 Å². The topological polar surface area (TPSA) is 64.3 Å². The van der Waals surface area contributed by atoms with E-state index in [1.807, 2.05) is 39.0 Å². The smallest absolute Gasteiger partial charge is 0.320 e. The van der Waals surface area contributed by atoms with Gasteiger partial charge in [-0.25, -0.2) is 0 Å². The minimum Gasteiger partial charge on any atom is -0.459 e. The molecule has 0 aliphatic heterocycles. The van der Waals surface area contributed by atoms with Gasteiger partial charge in [-0.15, -0.1) is 0 Å². The molecule has 0 amide bonds. The van der Waals surface area contributed by atoms with E-state index in [2.05, 4.69) is 5.32 Å². The van der Waals surface area contributed by atoms with Crippen LogP contribution in [0.15, 0.2) is 18.2 Å². The Morgan fingerprint density at radius 1 is 1.47 bits per heavy atom. The third-order valence-corrected chi connectivity index (χ3v) is 3.16. The summed E-state index contributed by atoms with van der Waals surface area (Å²) in [7, 11) is 0. The lowest BCUT2D eigenvalue weighted by molar-refractivity contribution is -0.153. The number of carbonyl (C=O) groups is 1. The van der Waals surface area contributed by atoms with Gasteiger partial charge in [0.15, 0.2) is 0 Å². The molecule has 1 aromatic rings. The summed E-state index contributed by atoms with van der Waals surface area (Å²) in [5, 5.41) is 3.26. The molecule has 1 aliphatic rings. The summed E-state index contributed by atoms with van der Waals surface area (Å²) in [5.74, 6) is -0.212. The fourth-order valence-corrected chi connectivity index (χ4v) is 2.43. The number of fused-ring (bicyclic) bond motifs is 1. The van der Waals surface area contributed by atoms with E-state index in [9.17, 15) is 4.79 Å². The van der Waals surface area contributed by atoms with Crippen molar-refractivity contribution >= 4 is 11.7 Å².